The molecule has 7 heteroatoms. The molecule has 0 fully saturated rings. The molecule has 2 aromatic heterocycles. The lowest BCUT2D eigenvalue weighted by Gasteiger charge is -2.11. The van der Waals surface area contributed by atoms with Crippen molar-refractivity contribution in [3.8, 4) is 5.75 Å². The van der Waals surface area contributed by atoms with Gasteiger partial charge in [-0.2, -0.15) is 0 Å². The van der Waals surface area contributed by atoms with Gasteiger partial charge in [0.25, 0.3) is 0 Å². The molecule has 0 aliphatic rings. The van der Waals surface area contributed by atoms with Crippen LogP contribution < -0.4 is 15.4 Å². The van der Waals surface area contributed by atoms with Crippen LogP contribution >= 0.6 is 0 Å². The maximum atomic E-state index is 5.85. The van der Waals surface area contributed by atoms with Crippen molar-refractivity contribution in [2.75, 3.05) is 6.54 Å². The van der Waals surface area contributed by atoms with Crippen molar-refractivity contribution in [1.29, 1.82) is 0 Å². The lowest BCUT2D eigenvalue weighted by atomic mass is 10.1. The fraction of sp³-hybridized carbons (Fsp3) is 0.208. The Bertz CT molecular complexity index is 1140. The van der Waals surface area contributed by atoms with E-state index in [-0.39, 0.29) is 0 Å². The van der Waals surface area contributed by atoms with Gasteiger partial charge in [-0.1, -0.05) is 48.5 Å². The fourth-order valence-electron chi connectivity index (χ4n) is 3.19. The van der Waals surface area contributed by atoms with Gasteiger partial charge in [0.05, 0.1) is 13.1 Å². The minimum Gasteiger partial charge on any atom is -0.489 e. The molecular weight excluding hydrogens is 388 g/mol. The third-order valence-corrected chi connectivity index (χ3v) is 4.70. The highest BCUT2D eigenvalue weighted by molar-refractivity contribution is 5.79. The first-order chi connectivity index (χ1) is 15.3. The number of hydrogen-bond acceptors (Lipinski definition) is 4. The summed E-state index contributed by atoms with van der Waals surface area (Å²) in [6.07, 6.45) is 1.96. The zero-order valence-corrected chi connectivity index (χ0v) is 17.5. The van der Waals surface area contributed by atoms with Gasteiger partial charge in [0.15, 0.2) is 17.4 Å². The van der Waals surface area contributed by atoms with Gasteiger partial charge in [0.2, 0.25) is 0 Å². The van der Waals surface area contributed by atoms with Gasteiger partial charge in [-0.05, 0) is 42.3 Å². The number of nitrogens with zero attached hydrogens (tertiary/aromatic N) is 4. The van der Waals surface area contributed by atoms with Gasteiger partial charge in [-0.25, -0.2) is 4.99 Å². The summed E-state index contributed by atoms with van der Waals surface area (Å²) >= 11 is 0. The summed E-state index contributed by atoms with van der Waals surface area (Å²) in [6.45, 7) is 4.44. The zero-order valence-electron chi connectivity index (χ0n) is 17.5. The summed E-state index contributed by atoms with van der Waals surface area (Å²) < 4.78 is 7.82. The molecule has 7 nitrogen and oxygen atoms in total. The Labute approximate surface area is 181 Å². The topological polar surface area (TPSA) is 75.8 Å². The van der Waals surface area contributed by atoms with E-state index in [1.165, 1.54) is 0 Å². The third-order valence-electron chi connectivity index (χ3n) is 4.70. The summed E-state index contributed by atoms with van der Waals surface area (Å²) in [5, 5.41) is 15.1. The molecule has 2 N–H and O–H groups in total. The van der Waals surface area contributed by atoms with Crippen molar-refractivity contribution in [2.45, 2.75) is 26.6 Å². The minimum atomic E-state index is 0.528. The van der Waals surface area contributed by atoms with E-state index < -0.39 is 0 Å². The number of nitrogens with one attached hydrogen (secondary N) is 2. The number of guanidine groups is 1. The van der Waals surface area contributed by atoms with Gasteiger partial charge in [-0.15, -0.1) is 10.2 Å². The van der Waals surface area contributed by atoms with Crippen molar-refractivity contribution in [1.82, 2.24) is 25.2 Å². The Morgan fingerprint density at radius 2 is 1.77 bits per heavy atom. The number of pyridine rings is 1. The van der Waals surface area contributed by atoms with Crippen molar-refractivity contribution in [3.63, 3.8) is 0 Å². The van der Waals surface area contributed by atoms with Gasteiger partial charge in [0.1, 0.15) is 12.4 Å². The van der Waals surface area contributed by atoms with Crippen molar-refractivity contribution < 1.29 is 4.74 Å². The maximum absolute atomic E-state index is 5.85. The average Bonchev–Trinajstić information content (AvgIpc) is 3.24. The van der Waals surface area contributed by atoms with Gasteiger partial charge < -0.3 is 15.4 Å². The van der Waals surface area contributed by atoms with E-state index in [0.29, 0.717) is 19.7 Å². The van der Waals surface area contributed by atoms with Crippen LogP contribution in [0.1, 0.15) is 23.9 Å². The van der Waals surface area contributed by atoms with E-state index in [0.717, 1.165) is 40.9 Å². The Morgan fingerprint density at radius 1 is 0.935 bits per heavy atom. The van der Waals surface area contributed by atoms with Crippen LogP contribution in [0, 0.1) is 0 Å². The highest BCUT2D eigenvalue weighted by Crippen LogP contribution is 2.13. The second-order valence-corrected chi connectivity index (χ2v) is 7.02. The molecule has 0 unspecified atom stereocenters. The molecule has 2 aromatic carbocycles. The molecule has 0 radical (unpaired) electrons. The normalized spacial score (nSPS) is 11.5. The molecule has 0 atom stereocenters. The Hall–Kier alpha value is -3.87. The van der Waals surface area contributed by atoms with Crippen molar-refractivity contribution in [2.24, 2.45) is 4.99 Å². The summed E-state index contributed by atoms with van der Waals surface area (Å²) in [4.78, 5) is 4.72. The molecule has 0 saturated carbocycles. The van der Waals surface area contributed by atoms with Gasteiger partial charge in [0, 0.05) is 12.7 Å². The first-order valence-electron chi connectivity index (χ1n) is 10.4. The number of para-hydroxylation sites is 1. The number of hydrogen-bond donors (Lipinski definition) is 2. The van der Waals surface area contributed by atoms with E-state index >= 15 is 0 Å². The van der Waals surface area contributed by atoms with Gasteiger partial charge >= 0.3 is 0 Å². The van der Waals surface area contributed by atoms with Crippen LogP contribution in [0.5, 0.6) is 5.75 Å². The highest BCUT2D eigenvalue weighted by atomic mass is 16.5. The lowest BCUT2D eigenvalue weighted by Crippen LogP contribution is -2.37. The van der Waals surface area contributed by atoms with E-state index in [1.54, 1.807) is 0 Å². The Balaban J connectivity index is 1.37. The number of fused-ring (bicyclic) bond motifs is 1. The predicted octanol–water partition coefficient (Wildman–Crippen LogP) is 3.56. The van der Waals surface area contributed by atoms with Crippen LogP contribution in [0.3, 0.4) is 0 Å². The second-order valence-electron chi connectivity index (χ2n) is 7.02. The maximum Gasteiger partial charge on any atom is 0.191 e. The van der Waals surface area contributed by atoms with E-state index in [4.69, 9.17) is 9.73 Å². The standard InChI is InChI=1S/C24H26N6O/c1-2-25-24(27-17-23-29-28-22-13-6-7-14-30(22)23)26-16-19-9-8-10-20(15-19)18-31-21-11-4-3-5-12-21/h3-15H,2,16-18H2,1H3,(H2,25,26,27). The number of aliphatic imine (C=N–C) groups is 1. The first kappa shape index (κ1) is 20.4. The molecule has 4 aromatic rings. The van der Waals surface area contributed by atoms with Crippen LogP contribution in [0.15, 0.2) is 84.0 Å². The van der Waals surface area contributed by atoms with E-state index in [1.807, 2.05) is 72.1 Å². The molecule has 0 aliphatic carbocycles. The Kier molecular flexibility index (Phi) is 6.74. The molecule has 0 amide bonds. The van der Waals surface area contributed by atoms with Gasteiger partial charge in [-0.3, -0.25) is 4.40 Å². The molecule has 2 heterocycles. The quantitative estimate of drug-likeness (QED) is 0.341. The number of ether oxygens (including phenoxy) is 1. The largest absolute Gasteiger partial charge is 0.489 e. The van der Waals surface area contributed by atoms with Crippen LogP contribution in [-0.4, -0.2) is 27.1 Å². The molecular formula is C24H26N6O. The highest BCUT2D eigenvalue weighted by Gasteiger charge is 2.06. The monoisotopic (exact) mass is 414 g/mol. The van der Waals surface area contributed by atoms with Crippen LogP contribution in [0.4, 0.5) is 0 Å². The SMILES string of the molecule is CCNC(=NCc1cccc(COc2ccccc2)c1)NCc1nnc2ccccn12. The van der Waals surface area contributed by atoms with Crippen LogP contribution in [0.25, 0.3) is 5.65 Å². The molecule has 0 spiro atoms. The molecule has 0 bridgehead atoms. The third kappa shape index (κ3) is 5.60. The molecule has 0 saturated heterocycles. The van der Waals surface area contributed by atoms with Crippen LogP contribution in [0.2, 0.25) is 0 Å². The zero-order chi connectivity index (χ0) is 21.3. The number of rotatable bonds is 8. The predicted molar refractivity (Wildman–Crippen MR) is 122 cm³/mol. The average molecular weight is 415 g/mol. The van der Waals surface area contributed by atoms with Crippen molar-refractivity contribution in [3.05, 3.63) is 95.9 Å². The summed E-state index contributed by atoms with van der Waals surface area (Å²) in [7, 11) is 0. The lowest BCUT2D eigenvalue weighted by molar-refractivity contribution is 0.306. The van der Waals surface area contributed by atoms with Crippen molar-refractivity contribution >= 4 is 11.6 Å². The van der Waals surface area contributed by atoms with Crippen LogP contribution in [-0.2, 0) is 19.7 Å². The van der Waals surface area contributed by atoms with E-state index in [9.17, 15) is 0 Å². The molecule has 0 aliphatic heterocycles. The second kappa shape index (κ2) is 10.2. The summed E-state index contributed by atoms with van der Waals surface area (Å²) in [5.74, 6) is 2.44. The molecule has 4 rings (SSSR count). The number of aromatic nitrogens is 3. The summed E-state index contributed by atoms with van der Waals surface area (Å²) in [5.41, 5.74) is 3.07. The van der Waals surface area contributed by atoms with E-state index in [2.05, 4.69) is 39.0 Å². The smallest absolute Gasteiger partial charge is 0.191 e. The first-order valence-corrected chi connectivity index (χ1v) is 10.4. The number of benzene rings is 2. The molecule has 31 heavy (non-hydrogen) atoms. The Morgan fingerprint density at radius 3 is 2.65 bits per heavy atom. The summed E-state index contributed by atoms with van der Waals surface area (Å²) in [6, 6.07) is 24.0. The fourth-order valence-corrected chi connectivity index (χ4v) is 3.19. The molecule has 158 valence electrons. The minimum absolute atomic E-state index is 0.528.